The Morgan fingerprint density at radius 3 is 2.46 bits per heavy atom. The summed E-state index contributed by atoms with van der Waals surface area (Å²) in [5, 5.41) is 19.2. The minimum atomic E-state index is -1.20. The van der Waals surface area contributed by atoms with Gasteiger partial charge >= 0.3 is 0 Å². The van der Waals surface area contributed by atoms with E-state index in [9.17, 15) is 4.79 Å². The van der Waals surface area contributed by atoms with Crippen LogP contribution in [-0.4, -0.2) is 19.0 Å². The molecule has 0 saturated carbocycles. The first kappa shape index (κ1) is 11.4. The molecule has 0 saturated heterocycles. The lowest BCUT2D eigenvalue weighted by Gasteiger charge is -2.03. The van der Waals surface area contributed by atoms with E-state index < -0.39 is 11.8 Å². The van der Waals surface area contributed by atoms with Crippen molar-refractivity contribution in [3.63, 3.8) is 0 Å². The number of nitrogens with two attached hydrogens (primary N) is 1. The zero-order valence-corrected chi connectivity index (χ0v) is 7.29. The van der Waals surface area contributed by atoms with Gasteiger partial charge in [0.1, 0.15) is 0 Å². The van der Waals surface area contributed by atoms with E-state index in [0.29, 0.717) is 13.1 Å². The number of carbonyl (C=O) groups is 1. The highest BCUT2D eigenvalue weighted by molar-refractivity contribution is 5.83. The van der Waals surface area contributed by atoms with Gasteiger partial charge in [-0.3, -0.25) is 4.79 Å². The van der Waals surface area contributed by atoms with Crippen LogP contribution in [0.2, 0.25) is 0 Å². The molecule has 0 bridgehead atoms. The number of nitrogens with zero attached hydrogens (tertiary/aromatic N) is 2. The van der Waals surface area contributed by atoms with Crippen LogP contribution in [0.25, 0.3) is 0 Å². The van der Waals surface area contributed by atoms with Crippen LogP contribution in [0.3, 0.4) is 0 Å². The predicted molar refractivity (Wildman–Crippen MR) is 46.0 cm³/mol. The molecule has 0 aliphatic heterocycles. The normalized spacial score (nSPS) is 8.92. The maximum absolute atomic E-state index is 11.0. The molecule has 0 rings (SSSR count). The van der Waals surface area contributed by atoms with Gasteiger partial charge in [-0.15, -0.1) is 0 Å². The summed E-state index contributed by atoms with van der Waals surface area (Å²) in [4.78, 5) is 11.0. The summed E-state index contributed by atoms with van der Waals surface area (Å²) in [6.45, 7) is 1.05. The molecule has 0 fully saturated rings. The van der Waals surface area contributed by atoms with Gasteiger partial charge in [0, 0.05) is 6.54 Å². The van der Waals surface area contributed by atoms with Crippen LogP contribution in [-0.2, 0) is 4.79 Å². The molecular weight excluding hydrogens is 168 g/mol. The molecule has 0 aromatic carbocycles. The van der Waals surface area contributed by atoms with E-state index in [1.807, 2.05) is 0 Å². The maximum Gasteiger partial charge on any atom is 0.251 e. The quantitative estimate of drug-likeness (QED) is 0.557. The fraction of sp³-hybridized carbons (Fsp3) is 0.625. The zero-order valence-electron chi connectivity index (χ0n) is 7.29. The molecule has 1 amide bonds. The Kier molecular flexibility index (Phi) is 6.21. The van der Waals surface area contributed by atoms with Gasteiger partial charge in [-0.05, 0) is 19.4 Å². The highest BCUT2D eigenvalue weighted by atomic mass is 16.1. The minimum Gasteiger partial charge on any atom is -0.354 e. The van der Waals surface area contributed by atoms with Gasteiger partial charge in [0.25, 0.3) is 5.91 Å². The van der Waals surface area contributed by atoms with Crippen molar-refractivity contribution >= 4 is 5.91 Å². The van der Waals surface area contributed by atoms with Crippen LogP contribution in [0.1, 0.15) is 12.8 Å². The van der Waals surface area contributed by atoms with Crippen molar-refractivity contribution in [3.05, 3.63) is 0 Å². The average Bonchev–Trinajstić information content (AvgIpc) is 2.14. The van der Waals surface area contributed by atoms with E-state index in [-0.39, 0.29) is 0 Å². The molecule has 0 atom stereocenters. The lowest BCUT2D eigenvalue weighted by atomic mass is 10.2. The van der Waals surface area contributed by atoms with E-state index >= 15 is 0 Å². The number of nitrogens with one attached hydrogen (secondary N) is 1. The fourth-order valence-corrected chi connectivity index (χ4v) is 0.729. The van der Waals surface area contributed by atoms with Crippen molar-refractivity contribution in [1.82, 2.24) is 5.32 Å². The number of hydrogen-bond donors (Lipinski definition) is 2. The van der Waals surface area contributed by atoms with E-state index in [0.717, 1.165) is 12.8 Å². The molecule has 5 nitrogen and oxygen atoms in total. The summed E-state index contributed by atoms with van der Waals surface area (Å²) in [5.74, 6) is -1.72. The van der Waals surface area contributed by atoms with E-state index in [1.165, 1.54) is 0 Å². The fourth-order valence-electron chi connectivity index (χ4n) is 0.729. The number of rotatable bonds is 5. The van der Waals surface area contributed by atoms with Crippen molar-refractivity contribution in [2.75, 3.05) is 13.1 Å². The number of amides is 1. The second-order valence-corrected chi connectivity index (χ2v) is 2.48. The molecular formula is C8H12N4O. The third-order valence-corrected chi connectivity index (χ3v) is 1.45. The first-order chi connectivity index (χ1) is 6.26. The van der Waals surface area contributed by atoms with E-state index in [2.05, 4.69) is 5.32 Å². The molecule has 0 radical (unpaired) electrons. The predicted octanol–water partition coefficient (Wildman–Crippen LogP) is -0.495. The summed E-state index contributed by atoms with van der Waals surface area (Å²) in [6, 6.07) is 3.19. The van der Waals surface area contributed by atoms with Crippen LogP contribution in [0.15, 0.2) is 0 Å². The Bertz CT molecular complexity index is 224. The number of carbonyl (C=O) groups excluding carboxylic acids is 1. The van der Waals surface area contributed by atoms with Gasteiger partial charge in [0.2, 0.25) is 5.92 Å². The molecule has 70 valence electrons. The average molecular weight is 180 g/mol. The van der Waals surface area contributed by atoms with Crippen LogP contribution in [0, 0.1) is 28.6 Å². The Morgan fingerprint density at radius 2 is 2.00 bits per heavy atom. The smallest absolute Gasteiger partial charge is 0.251 e. The molecule has 0 aliphatic rings. The molecule has 0 aliphatic carbocycles. The minimum absolute atomic E-state index is 0.468. The Morgan fingerprint density at radius 1 is 1.38 bits per heavy atom. The third kappa shape index (κ3) is 4.78. The highest BCUT2D eigenvalue weighted by Gasteiger charge is 2.15. The Hall–Kier alpha value is -1.59. The van der Waals surface area contributed by atoms with Gasteiger partial charge in [0.05, 0.1) is 12.1 Å². The number of hydrogen-bond acceptors (Lipinski definition) is 4. The van der Waals surface area contributed by atoms with E-state index in [1.54, 1.807) is 12.1 Å². The zero-order chi connectivity index (χ0) is 10.1. The van der Waals surface area contributed by atoms with Crippen LogP contribution < -0.4 is 11.1 Å². The maximum atomic E-state index is 11.0. The summed E-state index contributed by atoms with van der Waals surface area (Å²) < 4.78 is 0. The van der Waals surface area contributed by atoms with Crippen LogP contribution in [0.5, 0.6) is 0 Å². The third-order valence-electron chi connectivity index (χ3n) is 1.45. The molecule has 5 heteroatoms. The van der Waals surface area contributed by atoms with Gasteiger partial charge in [0.15, 0.2) is 0 Å². The summed E-state index contributed by atoms with van der Waals surface area (Å²) in [5.41, 5.74) is 5.24. The largest absolute Gasteiger partial charge is 0.354 e. The topological polar surface area (TPSA) is 103 Å². The Balaban J connectivity index is 3.64. The lowest BCUT2D eigenvalue weighted by Crippen LogP contribution is -2.30. The molecule has 0 spiro atoms. The number of nitriles is 2. The monoisotopic (exact) mass is 180 g/mol. The van der Waals surface area contributed by atoms with E-state index in [4.69, 9.17) is 16.3 Å². The van der Waals surface area contributed by atoms with Crippen molar-refractivity contribution in [2.24, 2.45) is 11.7 Å². The van der Waals surface area contributed by atoms with Crippen LogP contribution >= 0.6 is 0 Å². The SMILES string of the molecule is N#CC(C#N)C(=O)NCCCCN. The van der Waals surface area contributed by atoms with Crippen molar-refractivity contribution in [1.29, 1.82) is 10.5 Å². The summed E-state index contributed by atoms with van der Waals surface area (Å²) in [6.07, 6.45) is 1.59. The second-order valence-electron chi connectivity index (χ2n) is 2.48. The van der Waals surface area contributed by atoms with Crippen molar-refractivity contribution in [3.8, 4) is 12.1 Å². The van der Waals surface area contributed by atoms with Gasteiger partial charge < -0.3 is 11.1 Å². The van der Waals surface area contributed by atoms with Crippen molar-refractivity contribution in [2.45, 2.75) is 12.8 Å². The van der Waals surface area contributed by atoms with Gasteiger partial charge in [-0.1, -0.05) is 0 Å². The Labute approximate surface area is 77.1 Å². The molecule has 0 heterocycles. The van der Waals surface area contributed by atoms with Gasteiger partial charge in [-0.2, -0.15) is 10.5 Å². The molecule has 0 aromatic rings. The molecule has 3 N–H and O–H groups in total. The standard InChI is InChI=1S/C8H12N4O/c9-3-1-2-4-12-8(13)7(5-10)6-11/h7H,1-4,9H2,(H,12,13). The molecule has 13 heavy (non-hydrogen) atoms. The van der Waals surface area contributed by atoms with Crippen molar-refractivity contribution < 1.29 is 4.79 Å². The first-order valence-corrected chi connectivity index (χ1v) is 4.03. The molecule has 0 unspecified atom stereocenters. The number of unbranched alkanes of at least 4 members (excludes halogenated alkanes) is 1. The first-order valence-electron chi connectivity index (χ1n) is 4.03. The highest BCUT2D eigenvalue weighted by Crippen LogP contribution is 1.91. The molecule has 0 aromatic heterocycles. The summed E-state index contributed by atoms with van der Waals surface area (Å²) in [7, 11) is 0. The van der Waals surface area contributed by atoms with Crippen LogP contribution in [0.4, 0.5) is 0 Å². The van der Waals surface area contributed by atoms with Gasteiger partial charge in [-0.25, -0.2) is 0 Å². The lowest BCUT2D eigenvalue weighted by molar-refractivity contribution is -0.122. The summed E-state index contributed by atoms with van der Waals surface area (Å²) >= 11 is 0. The second kappa shape index (κ2) is 7.08.